The molecule has 1 fully saturated rings. The van der Waals surface area contributed by atoms with E-state index in [1.165, 1.54) is 12.1 Å². The molecular formula is C32H44N4O15. The molecule has 0 bridgehead atoms. The molecule has 0 aliphatic carbocycles. The first-order valence-corrected chi connectivity index (χ1v) is 16.0. The quantitative estimate of drug-likeness (QED) is 0.0318. The topological polar surface area (TPSA) is 246 Å². The zero-order valence-corrected chi connectivity index (χ0v) is 28.9. The maximum atomic E-state index is 12.4. The zero-order chi connectivity index (χ0) is 37.6. The average Bonchev–Trinajstić information content (AvgIpc) is 3.07. The summed E-state index contributed by atoms with van der Waals surface area (Å²) in [6, 6.07) is 4.58. The van der Waals surface area contributed by atoms with E-state index < -0.39 is 61.2 Å². The summed E-state index contributed by atoms with van der Waals surface area (Å²) in [4.78, 5) is 74.7. The fraction of sp³-hybridized carbons (Fsp3) is 0.625. The highest BCUT2D eigenvalue weighted by Gasteiger charge is 2.53. The van der Waals surface area contributed by atoms with Crippen LogP contribution in [0.4, 0.5) is 0 Å². The molecule has 5 atom stereocenters. The van der Waals surface area contributed by atoms with E-state index in [2.05, 4.69) is 15.3 Å². The number of rotatable bonds is 23. The summed E-state index contributed by atoms with van der Waals surface area (Å²) in [7, 11) is 0. The Labute approximate surface area is 294 Å². The average molecular weight is 725 g/mol. The molecular weight excluding hydrogens is 680 g/mol. The van der Waals surface area contributed by atoms with Gasteiger partial charge in [0, 0.05) is 52.1 Å². The van der Waals surface area contributed by atoms with Gasteiger partial charge in [0.1, 0.15) is 18.5 Å². The maximum absolute atomic E-state index is 12.4. The second-order valence-electron chi connectivity index (χ2n) is 10.8. The number of esters is 4. The molecule has 1 aromatic rings. The standard InChI is InChI=1S/C32H44N4O15/c1-20(38)46-19-27-29(47-21(2)39)30(48-22(3)40)31(49-23(4)41)32(51-27)50-26-7-5-24(17-25(26)18-37)6-8-28(42)34-9-11-43-13-15-45-16-14-44-12-10-35-36-33/h5,7,17-18,27,29-32H,6,8-16,19H2,1-4H3,(H,34,42)/t27-,29+,30+,31-,32-/m1/s1. The predicted molar refractivity (Wildman–Crippen MR) is 172 cm³/mol. The number of ether oxygens (including phenoxy) is 9. The van der Waals surface area contributed by atoms with Gasteiger partial charge in [0.05, 0.1) is 45.2 Å². The van der Waals surface area contributed by atoms with Crippen LogP contribution in [-0.2, 0) is 68.3 Å². The predicted octanol–water partition coefficient (Wildman–Crippen LogP) is 1.37. The minimum atomic E-state index is -1.52. The van der Waals surface area contributed by atoms with Gasteiger partial charge in [0.2, 0.25) is 18.3 Å². The molecule has 1 aromatic carbocycles. The number of benzene rings is 1. The molecule has 0 spiro atoms. The fourth-order valence-corrected chi connectivity index (χ4v) is 4.66. The van der Waals surface area contributed by atoms with Crippen LogP contribution in [0.15, 0.2) is 23.3 Å². The van der Waals surface area contributed by atoms with Crippen molar-refractivity contribution in [2.45, 2.75) is 71.2 Å². The Balaban J connectivity index is 1.98. The Kier molecular flexibility index (Phi) is 19.6. The zero-order valence-electron chi connectivity index (χ0n) is 28.9. The number of aryl methyl sites for hydroxylation is 1. The van der Waals surface area contributed by atoms with E-state index in [0.29, 0.717) is 44.9 Å². The number of hydrogen-bond acceptors (Lipinski definition) is 16. The summed E-state index contributed by atoms with van der Waals surface area (Å²) in [6.45, 7) is 6.54. The number of hydrogen-bond donors (Lipinski definition) is 1. The number of aldehydes is 1. The van der Waals surface area contributed by atoms with E-state index >= 15 is 0 Å². The minimum absolute atomic E-state index is 0.00178. The Hall–Kier alpha value is -4.81. The second kappa shape index (κ2) is 23.6. The van der Waals surface area contributed by atoms with Gasteiger partial charge in [-0.15, -0.1) is 0 Å². The Bertz CT molecular complexity index is 1370. The number of carbonyl (C=O) groups excluding carboxylic acids is 6. The number of azide groups is 1. The van der Waals surface area contributed by atoms with Gasteiger partial charge in [-0.1, -0.05) is 11.2 Å². The van der Waals surface area contributed by atoms with Gasteiger partial charge in [0.15, 0.2) is 18.5 Å². The van der Waals surface area contributed by atoms with Crippen molar-refractivity contribution in [1.29, 1.82) is 0 Å². The van der Waals surface area contributed by atoms with E-state index in [-0.39, 0.29) is 49.8 Å². The number of nitrogens with zero attached hydrogens (tertiary/aromatic N) is 3. The van der Waals surface area contributed by atoms with Crippen LogP contribution < -0.4 is 10.1 Å². The first-order chi connectivity index (χ1) is 24.4. The van der Waals surface area contributed by atoms with Crippen molar-refractivity contribution in [1.82, 2.24) is 5.32 Å². The highest BCUT2D eigenvalue weighted by molar-refractivity contribution is 5.80. The molecule has 1 aliphatic rings. The van der Waals surface area contributed by atoms with Crippen molar-refractivity contribution in [3.63, 3.8) is 0 Å². The summed E-state index contributed by atoms with van der Waals surface area (Å²) >= 11 is 0. The molecule has 1 N–H and O–H groups in total. The van der Waals surface area contributed by atoms with Crippen LogP contribution in [0.2, 0.25) is 0 Å². The van der Waals surface area contributed by atoms with Crippen molar-refractivity contribution >= 4 is 36.1 Å². The van der Waals surface area contributed by atoms with Crippen molar-refractivity contribution < 1.29 is 71.4 Å². The van der Waals surface area contributed by atoms with Crippen LogP contribution in [0.1, 0.15) is 50.0 Å². The van der Waals surface area contributed by atoms with Gasteiger partial charge >= 0.3 is 23.9 Å². The Morgan fingerprint density at radius 3 is 2.06 bits per heavy atom. The SMILES string of the molecule is CC(=O)OC[C@H]1O[C@@H](Oc2ccc(CCC(=O)NCCOCCOCCOCCN=[N+]=[N-])cc2C=O)[C@H](OC(C)=O)[C@@H](OC(C)=O)[C@H]1OC(C)=O. The highest BCUT2D eigenvalue weighted by Crippen LogP contribution is 2.32. The molecule has 1 saturated heterocycles. The first kappa shape index (κ1) is 42.4. The lowest BCUT2D eigenvalue weighted by atomic mass is 9.98. The van der Waals surface area contributed by atoms with Crippen molar-refractivity contribution in [2.24, 2.45) is 5.11 Å². The van der Waals surface area contributed by atoms with E-state index in [1.807, 2.05) is 0 Å². The van der Waals surface area contributed by atoms with Crippen LogP contribution in [-0.4, -0.2) is 126 Å². The van der Waals surface area contributed by atoms with Gasteiger partial charge in [-0.2, -0.15) is 0 Å². The lowest BCUT2D eigenvalue weighted by Gasteiger charge is -2.44. The number of nitrogens with one attached hydrogen (secondary N) is 1. The third-order valence-corrected chi connectivity index (χ3v) is 6.74. The molecule has 282 valence electrons. The van der Waals surface area contributed by atoms with E-state index in [4.69, 9.17) is 48.2 Å². The molecule has 19 heteroatoms. The molecule has 1 heterocycles. The maximum Gasteiger partial charge on any atom is 0.303 e. The Morgan fingerprint density at radius 1 is 0.843 bits per heavy atom. The third-order valence-electron chi connectivity index (χ3n) is 6.74. The lowest BCUT2D eigenvalue weighted by molar-refractivity contribution is -0.288. The summed E-state index contributed by atoms with van der Waals surface area (Å²) < 4.78 is 49.1. The molecule has 19 nitrogen and oxygen atoms in total. The second-order valence-corrected chi connectivity index (χ2v) is 10.8. The van der Waals surface area contributed by atoms with Crippen LogP contribution >= 0.6 is 0 Å². The van der Waals surface area contributed by atoms with E-state index in [1.54, 1.807) is 6.07 Å². The molecule has 0 radical (unpaired) electrons. The monoisotopic (exact) mass is 724 g/mol. The lowest BCUT2D eigenvalue weighted by Crippen LogP contribution is -2.63. The van der Waals surface area contributed by atoms with Gasteiger partial charge in [-0.25, -0.2) is 0 Å². The molecule has 1 amide bonds. The van der Waals surface area contributed by atoms with Crippen LogP contribution in [0.5, 0.6) is 5.75 Å². The molecule has 51 heavy (non-hydrogen) atoms. The fourth-order valence-electron chi connectivity index (χ4n) is 4.66. The van der Waals surface area contributed by atoms with Crippen molar-refractivity contribution in [3.8, 4) is 5.75 Å². The molecule has 0 aromatic heterocycles. The highest BCUT2D eigenvalue weighted by atomic mass is 16.7. The van der Waals surface area contributed by atoms with Gasteiger partial charge < -0.3 is 47.9 Å². The number of carbonyl (C=O) groups is 6. The summed E-state index contributed by atoms with van der Waals surface area (Å²) in [5.74, 6) is -3.31. The van der Waals surface area contributed by atoms with E-state index in [0.717, 1.165) is 27.7 Å². The summed E-state index contributed by atoms with van der Waals surface area (Å²) in [5.41, 5.74) is 8.88. The van der Waals surface area contributed by atoms with Crippen LogP contribution in [0.25, 0.3) is 10.4 Å². The Morgan fingerprint density at radius 2 is 1.45 bits per heavy atom. The molecule has 0 unspecified atom stereocenters. The van der Waals surface area contributed by atoms with Gasteiger partial charge in [-0.05, 0) is 29.6 Å². The third kappa shape index (κ3) is 16.6. The summed E-state index contributed by atoms with van der Waals surface area (Å²) in [5, 5.41) is 6.10. The summed E-state index contributed by atoms with van der Waals surface area (Å²) in [6.07, 6.45) is -6.14. The largest absolute Gasteiger partial charge is 0.463 e. The van der Waals surface area contributed by atoms with Crippen LogP contribution in [0, 0.1) is 0 Å². The van der Waals surface area contributed by atoms with E-state index in [9.17, 15) is 28.8 Å². The van der Waals surface area contributed by atoms with Crippen LogP contribution in [0.3, 0.4) is 0 Å². The van der Waals surface area contributed by atoms with Gasteiger partial charge in [-0.3, -0.25) is 28.8 Å². The minimum Gasteiger partial charge on any atom is -0.463 e. The van der Waals surface area contributed by atoms with Crippen molar-refractivity contribution in [2.75, 3.05) is 59.3 Å². The normalized spacial score (nSPS) is 19.5. The molecule has 0 saturated carbocycles. The first-order valence-electron chi connectivity index (χ1n) is 16.0. The molecule has 1 aliphatic heterocycles. The molecule has 2 rings (SSSR count). The van der Waals surface area contributed by atoms with Gasteiger partial charge in [0.25, 0.3) is 0 Å². The smallest absolute Gasteiger partial charge is 0.303 e. The van der Waals surface area contributed by atoms with Crippen molar-refractivity contribution in [3.05, 3.63) is 39.8 Å². The number of amides is 1.